The molecular formula is C24H21N3O7. The molecule has 174 valence electrons. The highest BCUT2D eigenvalue weighted by molar-refractivity contribution is 5.89. The maximum absolute atomic E-state index is 13.5. The summed E-state index contributed by atoms with van der Waals surface area (Å²) in [5.41, 5.74) is 6.85. The van der Waals surface area contributed by atoms with Crippen LogP contribution in [0, 0.1) is 0 Å². The highest BCUT2D eigenvalue weighted by atomic mass is 16.7. The van der Waals surface area contributed by atoms with Gasteiger partial charge in [0.1, 0.15) is 6.61 Å². The lowest BCUT2D eigenvalue weighted by atomic mass is 9.85. The first-order valence-electron chi connectivity index (χ1n) is 11.0. The minimum Gasteiger partial charge on any atom is -0.457 e. The summed E-state index contributed by atoms with van der Waals surface area (Å²) in [6.07, 6.45) is 0.0558. The van der Waals surface area contributed by atoms with Crippen LogP contribution in [0.25, 0.3) is 22.3 Å². The Bertz CT molecular complexity index is 1460. The monoisotopic (exact) mass is 463 g/mol. The molecule has 3 aliphatic rings. The average Bonchev–Trinajstić information content (AvgIpc) is 3.42. The van der Waals surface area contributed by atoms with Crippen molar-refractivity contribution in [2.45, 2.75) is 38.5 Å². The van der Waals surface area contributed by atoms with Gasteiger partial charge >= 0.3 is 11.9 Å². The fourth-order valence-corrected chi connectivity index (χ4v) is 4.89. The van der Waals surface area contributed by atoms with Crippen LogP contribution in [0.1, 0.15) is 36.5 Å². The molecule has 0 fully saturated rings. The van der Waals surface area contributed by atoms with Crippen LogP contribution in [0.2, 0.25) is 0 Å². The van der Waals surface area contributed by atoms with Crippen LogP contribution >= 0.6 is 0 Å². The van der Waals surface area contributed by atoms with E-state index in [2.05, 4.69) is 0 Å². The summed E-state index contributed by atoms with van der Waals surface area (Å²) in [6, 6.07) is 7.38. The summed E-state index contributed by atoms with van der Waals surface area (Å²) in [5.74, 6) is -0.0645. The molecule has 0 amide bonds. The number of carbonyl (C=O) groups excluding carboxylic acids is 2. The highest BCUT2D eigenvalue weighted by Gasteiger charge is 2.50. The standard InChI is InChI=1S/C24H21N3O7/c1-2-24(34-20(28)3-4-25)15-7-17-21-13(9-27(17)22(29)14(15)10-31-23(24)30)5-12-6-18-19(33-11-32-18)8-16(12)26-21/h5-8H,2-4,9-11,25H2,1H3/t24-/m1/s1. The highest BCUT2D eigenvalue weighted by Crippen LogP contribution is 2.42. The number of hydrogen-bond donors (Lipinski definition) is 1. The summed E-state index contributed by atoms with van der Waals surface area (Å²) >= 11 is 0. The van der Waals surface area contributed by atoms with E-state index < -0.39 is 17.5 Å². The normalized spacial score (nSPS) is 19.4. The van der Waals surface area contributed by atoms with Crippen molar-refractivity contribution < 1.29 is 28.5 Å². The van der Waals surface area contributed by atoms with Gasteiger partial charge in [0.25, 0.3) is 5.56 Å². The van der Waals surface area contributed by atoms with Gasteiger partial charge in [0.2, 0.25) is 12.4 Å². The van der Waals surface area contributed by atoms with E-state index in [4.69, 9.17) is 29.7 Å². The molecule has 6 rings (SSSR count). The van der Waals surface area contributed by atoms with Gasteiger partial charge in [-0.15, -0.1) is 0 Å². The Labute approximate surface area is 193 Å². The number of hydrogen-bond acceptors (Lipinski definition) is 9. The van der Waals surface area contributed by atoms with Crippen molar-refractivity contribution in [1.29, 1.82) is 0 Å². The van der Waals surface area contributed by atoms with Gasteiger partial charge in [0.15, 0.2) is 11.5 Å². The molecule has 5 heterocycles. The van der Waals surface area contributed by atoms with Gasteiger partial charge < -0.3 is 29.2 Å². The van der Waals surface area contributed by atoms with E-state index in [9.17, 15) is 14.4 Å². The third kappa shape index (κ3) is 2.78. The third-order valence-electron chi connectivity index (χ3n) is 6.61. The van der Waals surface area contributed by atoms with Gasteiger partial charge in [-0.05, 0) is 24.6 Å². The van der Waals surface area contributed by atoms with Crippen molar-refractivity contribution in [2.75, 3.05) is 13.3 Å². The van der Waals surface area contributed by atoms with E-state index in [1.54, 1.807) is 23.6 Å². The average molecular weight is 463 g/mol. The zero-order valence-electron chi connectivity index (χ0n) is 18.4. The minimum atomic E-state index is -1.71. The fraction of sp³-hybridized carbons (Fsp3) is 0.333. The first-order valence-corrected chi connectivity index (χ1v) is 11.0. The lowest BCUT2D eigenvalue weighted by Crippen LogP contribution is -2.47. The molecule has 3 aliphatic heterocycles. The quantitative estimate of drug-likeness (QED) is 0.449. The molecule has 1 aromatic carbocycles. The van der Waals surface area contributed by atoms with Crippen molar-refractivity contribution in [3.63, 3.8) is 0 Å². The molecule has 0 spiro atoms. The topological polar surface area (TPSA) is 132 Å². The second-order valence-electron chi connectivity index (χ2n) is 8.48. The van der Waals surface area contributed by atoms with Gasteiger partial charge in [0.05, 0.1) is 35.4 Å². The van der Waals surface area contributed by atoms with Crippen LogP contribution in [0.4, 0.5) is 0 Å². The Morgan fingerprint density at radius 1 is 1.18 bits per heavy atom. The number of ether oxygens (including phenoxy) is 4. The second-order valence-corrected chi connectivity index (χ2v) is 8.48. The number of cyclic esters (lactones) is 1. The maximum atomic E-state index is 13.5. The van der Waals surface area contributed by atoms with E-state index in [-0.39, 0.29) is 38.3 Å². The smallest absolute Gasteiger partial charge is 0.355 e. The number of rotatable bonds is 4. The first-order chi connectivity index (χ1) is 16.4. The predicted molar refractivity (Wildman–Crippen MR) is 118 cm³/mol. The molecule has 0 saturated carbocycles. The summed E-state index contributed by atoms with van der Waals surface area (Å²) in [7, 11) is 0. The number of benzene rings is 1. The molecule has 10 nitrogen and oxygen atoms in total. The second kappa shape index (κ2) is 7.29. The van der Waals surface area contributed by atoms with Crippen molar-refractivity contribution >= 4 is 22.8 Å². The van der Waals surface area contributed by atoms with Gasteiger partial charge in [0, 0.05) is 29.1 Å². The van der Waals surface area contributed by atoms with Crippen molar-refractivity contribution in [2.24, 2.45) is 5.73 Å². The predicted octanol–water partition coefficient (Wildman–Crippen LogP) is 1.71. The van der Waals surface area contributed by atoms with Crippen LogP contribution in [-0.2, 0) is 37.8 Å². The lowest BCUT2D eigenvalue weighted by molar-refractivity contribution is -0.189. The van der Waals surface area contributed by atoms with Crippen molar-refractivity contribution in [3.8, 4) is 22.9 Å². The van der Waals surface area contributed by atoms with E-state index in [1.807, 2.05) is 12.1 Å². The Kier molecular flexibility index (Phi) is 4.43. The minimum absolute atomic E-state index is 0.0548. The summed E-state index contributed by atoms with van der Waals surface area (Å²) in [5, 5.41) is 0.866. The van der Waals surface area contributed by atoms with Crippen molar-refractivity contribution in [1.82, 2.24) is 9.55 Å². The molecular weight excluding hydrogens is 442 g/mol. The number of fused-ring (bicyclic) bond motifs is 6. The Morgan fingerprint density at radius 3 is 2.74 bits per heavy atom. The molecule has 0 unspecified atom stereocenters. The maximum Gasteiger partial charge on any atom is 0.355 e. The van der Waals surface area contributed by atoms with Crippen LogP contribution in [-0.4, -0.2) is 34.8 Å². The molecule has 1 atom stereocenters. The molecule has 2 N–H and O–H groups in total. The van der Waals surface area contributed by atoms with Crippen LogP contribution in [0.15, 0.2) is 29.1 Å². The van der Waals surface area contributed by atoms with E-state index in [1.165, 1.54) is 0 Å². The molecule has 10 heteroatoms. The lowest BCUT2D eigenvalue weighted by Gasteiger charge is -2.35. The van der Waals surface area contributed by atoms with Crippen LogP contribution < -0.4 is 20.8 Å². The Hall–Kier alpha value is -3.92. The number of esters is 2. The molecule has 0 radical (unpaired) electrons. The number of nitrogens with two attached hydrogens (primary N) is 1. The first kappa shape index (κ1) is 20.7. The van der Waals surface area contributed by atoms with Gasteiger partial charge in [-0.1, -0.05) is 6.92 Å². The molecule has 0 bridgehead atoms. The van der Waals surface area contributed by atoms with Crippen molar-refractivity contribution in [3.05, 3.63) is 51.3 Å². The number of nitrogens with zero attached hydrogens (tertiary/aromatic N) is 2. The SMILES string of the molecule is CC[C@]1(OC(=O)CCN)C(=O)OCc2c1cc1n(c2=O)Cc2cc3cc4c(cc3nc2-1)OCO4. The Balaban J connectivity index is 1.54. The summed E-state index contributed by atoms with van der Waals surface area (Å²) in [4.78, 5) is 43.6. The number of aromatic nitrogens is 2. The largest absolute Gasteiger partial charge is 0.457 e. The fourth-order valence-electron chi connectivity index (χ4n) is 4.89. The molecule has 3 aromatic rings. The van der Waals surface area contributed by atoms with Gasteiger partial charge in [-0.25, -0.2) is 9.78 Å². The van der Waals surface area contributed by atoms with Gasteiger partial charge in [-0.2, -0.15) is 0 Å². The van der Waals surface area contributed by atoms with Crippen LogP contribution in [0.3, 0.4) is 0 Å². The summed E-state index contributed by atoms with van der Waals surface area (Å²) < 4.78 is 23.5. The number of pyridine rings is 2. The van der Waals surface area contributed by atoms with Gasteiger partial charge in [-0.3, -0.25) is 9.59 Å². The molecule has 34 heavy (non-hydrogen) atoms. The molecule has 0 saturated heterocycles. The zero-order valence-corrected chi connectivity index (χ0v) is 18.4. The summed E-state index contributed by atoms with van der Waals surface area (Å²) in [6.45, 7) is 2.09. The van der Waals surface area contributed by atoms with E-state index >= 15 is 0 Å². The Morgan fingerprint density at radius 2 is 1.97 bits per heavy atom. The third-order valence-corrected chi connectivity index (χ3v) is 6.61. The molecule has 0 aliphatic carbocycles. The molecule has 2 aromatic heterocycles. The van der Waals surface area contributed by atoms with E-state index in [0.717, 1.165) is 10.9 Å². The zero-order chi connectivity index (χ0) is 23.6. The van der Waals surface area contributed by atoms with Crippen LogP contribution in [0.5, 0.6) is 11.5 Å². The van der Waals surface area contributed by atoms with E-state index in [0.29, 0.717) is 46.1 Å². The number of carbonyl (C=O) groups is 2.